The molecule has 0 aliphatic carbocycles. The molecule has 1 N–H and O–H groups in total. The summed E-state index contributed by atoms with van der Waals surface area (Å²) >= 11 is 5.97. The third kappa shape index (κ3) is 3.57. The SMILES string of the molecule is Clc1ccc(-n2cc(CN3CCC(c4nnc5n4CCNC5)CC3)cn2)cc1. The lowest BCUT2D eigenvalue weighted by Gasteiger charge is -2.31. The molecule has 2 aliphatic rings. The van der Waals surface area contributed by atoms with Gasteiger partial charge < -0.3 is 9.88 Å². The number of piperidine rings is 1. The summed E-state index contributed by atoms with van der Waals surface area (Å²) in [5.41, 5.74) is 2.26. The number of hydrogen-bond acceptors (Lipinski definition) is 5. The van der Waals surface area contributed by atoms with Crippen molar-refractivity contribution in [3.05, 3.63) is 58.9 Å². The van der Waals surface area contributed by atoms with Crippen LogP contribution in [0.4, 0.5) is 0 Å². The van der Waals surface area contributed by atoms with Crippen molar-refractivity contribution in [1.82, 2.24) is 34.8 Å². The maximum Gasteiger partial charge on any atom is 0.147 e. The van der Waals surface area contributed by atoms with Gasteiger partial charge in [0.15, 0.2) is 0 Å². The van der Waals surface area contributed by atoms with Crippen molar-refractivity contribution < 1.29 is 0 Å². The summed E-state index contributed by atoms with van der Waals surface area (Å²) in [6.45, 7) is 5.93. The van der Waals surface area contributed by atoms with Crippen LogP contribution in [0, 0.1) is 0 Å². The third-order valence-electron chi connectivity index (χ3n) is 5.74. The molecule has 0 saturated carbocycles. The Labute approximate surface area is 169 Å². The second-order valence-corrected chi connectivity index (χ2v) is 8.06. The standard InChI is InChI=1S/C20H24ClN7/c21-17-1-3-18(4-2-17)28-14-15(11-23-28)13-26-8-5-16(6-9-26)20-25-24-19-12-22-7-10-27(19)20/h1-4,11,14,16,22H,5-10,12-13H2. The van der Waals surface area contributed by atoms with Crippen molar-refractivity contribution in [2.24, 2.45) is 0 Å². The summed E-state index contributed by atoms with van der Waals surface area (Å²) in [5.74, 6) is 2.79. The number of hydrogen-bond donors (Lipinski definition) is 1. The molecule has 1 aromatic carbocycles. The van der Waals surface area contributed by atoms with Gasteiger partial charge in [-0.25, -0.2) is 4.68 Å². The zero-order valence-corrected chi connectivity index (χ0v) is 16.5. The summed E-state index contributed by atoms with van der Waals surface area (Å²) in [7, 11) is 0. The van der Waals surface area contributed by atoms with E-state index in [2.05, 4.69) is 36.3 Å². The van der Waals surface area contributed by atoms with Crippen LogP contribution in [-0.2, 0) is 19.6 Å². The van der Waals surface area contributed by atoms with Crippen LogP contribution in [0.1, 0.15) is 36.0 Å². The van der Waals surface area contributed by atoms with Gasteiger partial charge in [0.1, 0.15) is 11.6 Å². The number of likely N-dealkylation sites (tertiary alicyclic amines) is 1. The first kappa shape index (κ1) is 17.8. The van der Waals surface area contributed by atoms with E-state index in [-0.39, 0.29) is 0 Å². The molecule has 0 amide bonds. The Bertz CT molecular complexity index is 938. The van der Waals surface area contributed by atoms with Crippen LogP contribution in [0.2, 0.25) is 5.02 Å². The summed E-state index contributed by atoms with van der Waals surface area (Å²) in [6.07, 6.45) is 6.34. The van der Waals surface area contributed by atoms with Gasteiger partial charge in [-0.3, -0.25) is 4.90 Å². The molecular formula is C20H24ClN7. The van der Waals surface area contributed by atoms with Crippen molar-refractivity contribution in [1.29, 1.82) is 0 Å². The van der Waals surface area contributed by atoms with Gasteiger partial charge in [-0.05, 0) is 50.2 Å². The lowest BCUT2D eigenvalue weighted by Crippen LogP contribution is -2.34. The zero-order chi connectivity index (χ0) is 18.9. The quantitative estimate of drug-likeness (QED) is 0.733. The van der Waals surface area contributed by atoms with E-state index in [9.17, 15) is 0 Å². The molecule has 2 aliphatic heterocycles. The average molecular weight is 398 g/mol. The molecule has 2 aromatic heterocycles. The van der Waals surface area contributed by atoms with Crippen LogP contribution in [0.25, 0.3) is 5.69 Å². The smallest absolute Gasteiger partial charge is 0.147 e. The monoisotopic (exact) mass is 397 g/mol. The molecule has 1 saturated heterocycles. The molecule has 4 heterocycles. The van der Waals surface area contributed by atoms with Crippen LogP contribution in [0.3, 0.4) is 0 Å². The minimum absolute atomic E-state index is 0.521. The fourth-order valence-electron chi connectivity index (χ4n) is 4.20. The Morgan fingerprint density at radius 2 is 1.89 bits per heavy atom. The van der Waals surface area contributed by atoms with Crippen molar-refractivity contribution in [2.75, 3.05) is 19.6 Å². The van der Waals surface area contributed by atoms with Gasteiger partial charge in [-0.2, -0.15) is 5.10 Å². The van der Waals surface area contributed by atoms with Crippen LogP contribution >= 0.6 is 11.6 Å². The molecule has 146 valence electrons. The zero-order valence-electron chi connectivity index (χ0n) is 15.8. The van der Waals surface area contributed by atoms with Gasteiger partial charge in [0.2, 0.25) is 0 Å². The number of halogens is 1. The lowest BCUT2D eigenvalue weighted by atomic mass is 9.95. The van der Waals surface area contributed by atoms with E-state index in [0.29, 0.717) is 5.92 Å². The normalized spacial score (nSPS) is 18.3. The molecule has 7 nitrogen and oxygen atoms in total. The highest BCUT2D eigenvalue weighted by molar-refractivity contribution is 6.30. The highest BCUT2D eigenvalue weighted by Gasteiger charge is 2.27. The van der Waals surface area contributed by atoms with Gasteiger partial charge in [0.05, 0.1) is 18.4 Å². The van der Waals surface area contributed by atoms with Crippen molar-refractivity contribution in [3.8, 4) is 5.69 Å². The van der Waals surface area contributed by atoms with Gasteiger partial charge in [-0.15, -0.1) is 10.2 Å². The minimum Gasteiger partial charge on any atom is -0.312 e. The minimum atomic E-state index is 0.521. The molecule has 5 rings (SSSR count). The Morgan fingerprint density at radius 3 is 2.71 bits per heavy atom. The second kappa shape index (κ2) is 7.66. The molecule has 3 aromatic rings. The Morgan fingerprint density at radius 1 is 1.07 bits per heavy atom. The van der Waals surface area contributed by atoms with Crippen LogP contribution in [0.15, 0.2) is 36.7 Å². The predicted octanol–water partition coefficient (Wildman–Crippen LogP) is 2.60. The number of rotatable bonds is 4. The molecule has 0 radical (unpaired) electrons. The number of aromatic nitrogens is 5. The van der Waals surface area contributed by atoms with Crippen molar-refractivity contribution in [3.63, 3.8) is 0 Å². The molecular weight excluding hydrogens is 374 g/mol. The molecule has 8 heteroatoms. The summed E-state index contributed by atoms with van der Waals surface area (Å²) < 4.78 is 4.24. The highest BCUT2D eigenvalue weighted by atomic mass is 35.5. The van der Waals surface area contributed by atoms with Crippen molar-refractivity contribution >= 4 is 11.6 Å². The van der Waals surface area contributed by atoms with E-state index < -0.39 is 0 Å². The highest BCUT2D eigenvalue weighted by Crippen LogP contribution is 2.28. The largest absolute Gasteiger partial charge is 0.312 e. The molecule has 0 bridgehead atoms. The van der Waals surface area contributed by atoms with Crippen LogP contribution in [0.5, 0.6) is 0 Å². The van der Waals surface area contributed by atoms with Gasteiger partial charge in [-0.1, -0.05) is 11.6 Å². The van der Waals surface area contributed by atoms with Gasteiger partial charge >= 0.3 is 0 Å². The number of fused-ring (bicyclic) bond motifs is 1. The molecule has 0 unspecified atom stereocenters. The fraction of sp³-hybridized carbons (Fsp3) is 0.450. The molecule has 0 atom stereocenters. The first-order valence-electron chi connectivity index (χ1n) is 9.91. The maximum atomic E-state index is 5.97. The third-order valence-corrected chi connectivity index (χ3v) is 5.99. The Kier molecular flexibility index (Phi) is 4.88. The predicted molar refractivity (Wildman–Crippen MR) is 108 cm³/mol. The lowest BCUT2D eigenvalue weighted by molar-refractivity contribution is 0.199. The summed E-state index contributed by atoms with van der Waals surface area (Å²) in [6, 6.07) is 7.75. The van der Waals surface area contributed by atoms with E-state index >= 15 is 0 Å². The Hall–Kier alpha value is -2.22. The van der Waals surface area contributed by atoms with E-state index in [4.69, 9.17) is 11.6 Å². The number of nitrogens with zero attached hydrogens (tertiary/aromatic N) is 6. The van der Waals surface area contributed by atoms with Crippen LogP contribution in [-0.4, -0.2) is 49.1 Å². The first-order valence-corrected chi connectivity index (χ1v) is 10.3. The van der Waals surface area contributed by atoms with Crippen molar-refractivity contribution in [2.45, 2.75) is 38.4 Å². The molecule has 28 heavy (non-hydrogen) atoms. The van der Waals surface area contributed by atoms with E-state index in [1.54, 1.807) is 0 Å². The van der Waals surface area contributed by atoms with E-state index in [0.717, 1.165) is 68.6 Å². The fourth-order valence-corrected chi connectivity index (χ4v) is 4.33. The van der Waals surface area contributed by atoms with Crippen LogP contribution < -0.4 is 5.32 Å². The van der Waals surface area contributed by atoms with Gasteiger partial charge in [0.25, 0.3) is 0 Å². The summed E-state index contributed by atoms with van der Waals surface area (Å²) in [4.78, 5) is 2.51. The molecule has 1 fully saturated rings. The first-order chi connectivity index (χ1) is 13.8. The maximum absolute atomic E-state index is 5.97. The van der Waals surface area contributed by atoms with Gasteiger partial charge in [0, 0.05) is 42.3 Å². The van der Waals surface area contributed by atoms with E-state index in [1.165, 1.54) is 11.4 Å². The molecule has 0 spiro atoms. The topological polar surface area (TPSA) is 63.8 Å². The Balaban J connectivity index is 1.20. The van der Waals surface area contributed by atoms with E-state index in [1.807, 2.05) is 35.1 Å². The number of benzene rings is 1. The second-order valence-electron chi connectivity index (χ2n) is 7.62. The summed E-state index contributed by atoms with van der Waals surface area (Å²) in [5, 5.41) is 17.5. The number of nitrogens with one attached hydrogen (secondary N) is 1. The average Bonchev–Trinajstić information content (AvgIpc) is 3.36.